The first kappa shape index (κ1) is 17.8. The lowest BCUT2D eigenvalue weighted by atomic mass is 9.73. The maximum absolute atomic E-state index is 12.4. The summed E-state index contributed by atoms with van der Waals surface area (Å²) >= 11 is 0. The van der Waals surface area contributed by atoms with E-state index in [1.54, 1.807) is 0 Å². The highest BCUT2D eigenvalue weighted by atomic mass is 16.6. The summed E-state index contributed by atoms with van der Waals surface area (Å²) in [6.07, 6.45) is 5.31. The van der Waals surface area contributed by atoms with Crippen molar-refractivity contribution >= 4 is 10.9 Å². The van der Waals surface area contributed by atoms with Crippen LogP contribution in [0.15, 0.2) is 54.6 Å². The molecule has 4 rings (SSSR count). The normalized spacial score (nSPS) is 17.7. The predicted molar refractivity (Wildman–Crippen MR) is 109 cm³/mol. The molecule has 2 atom stereocenters. The highest BCUT2D eigenvalue weighted by Crippen LogP contribution is 2.42. The third-order valence-electron chi connectivity index (χ3n) is 6.13. The number of aromatic amines is 1. The van der Waals surface area contributed by atoms with E-state index in [1.807, 2.05) is 49.4 Å². The van der Waals surface area contributed by atoms with E-state index in [2.05, 4.69) is 17.1 Å². The summed E-state index contributed by atoms with van der Waals surface area (Å²) in [5.41, 5.74) is 4.21. The predicted octanol–water partition coefficient (Wildman–Crippen LogP) is 5.83. The van der Waals surface area contributed by atoms with Crippen LogP contribution in [0.5, 0.6) is 0 Å². The van der Waals surface area contributed by atoms with Crippen LogP contribution >= 0.6 is 0 Å². The van der Waals surface area contributed by atoms with Crippen molar-refractivity contribution in [2.75, 3.05) is 0 Å². The number of benzene rings is 2. The van der Waals surface area contributed by atoms with Crippen LogP contribution in [0.1, 0.15) is 54.8 Å². The van der Waals surface area contributed by atoms with Crippen LogP contribution in [-0.4, -0.2) is 15.9 Å². The summed E-state index contributed by atoms with van der Waals surface area (Å²) < 4.78 is 0. The zero-order chi connectivity index (χ0) is 18.8. The molecular weight excluding hydrogens is 336 g/mol. The fourth-order valence-electron chi connectivity index (χ4n) is 4.94. The minimum absolute atomic E-state index is 0.00509. The molecule has 4 heteroatoms. The van der Waals surface area contributed by atoms with Gasteiger partial charge in [-0.2, -0.15) is 0 Å². The van der Waals surface area contributed by atoms with Gasteiger partial charge in [-0.25, -0.2) is 0 Å². The minimum Gasteiger partial charge on any atom is -0.358 e. The number of fused-ring (bicyclic) bond motifs is 1. The molecule has 3 aromatic rings. The lowest BCUT2D eigenvalue weighted by Crippen LogP contribution is -2.37. The van der Waals surface area contributed by atoms with Crippen LogP contribution in [0.25, 0.3) is 10.9 Å². The largest absolute Gasteiger partial charge is 0.358 e. The summed E-state index contributed by atoms with van der Waals surface area (Å²) in [4.78, 5) is 15.8. The average molecular weight is 362 g/mol. The highest BCUT2D eigenvalue weighted by Gasteiger charge is 2.42. The quantitative estimate of drug-likeness (QED) is 0.458. The van der Waals surface area contributed by atoms with Crippen LogP contribution in [0, 0.1) is 23.0 Å². The van der Waals surface area contributed by atoms with E-state index < -0.39 is 6.04 Å². The third-order valence-corrected chi connectivity index (χ3v) is 6.13. The SMILES string of the molecule is Cc1[nH]c2ccccc2c1[C@H](c1ccccc1)[C@@H](C1CCCCC1)[N+](=O)[O-]. The van der Waals surface area contributed by atoms with Crippen LogP contribution in [0.2, 0.25) is 0 Å². The van der Waals surface area contributed by atoms with Gasteiger partial charge in [0.1, 0.15) is 0 Å². The molecule has 0 spiro atoms. The molecule has 140 valence electrons. The van der Waals surface area contributed by atoms with Crippen molar-refractivity contribution in [3.8, 4) is 0 Å². The van der Waals surface area contributed by atoms with Gasteiger partial charge >= 0.3 is 0 Å². The van der Waals surface area contributed by atoms with E-state index in [-0.39, 0.29) is 16.8 Å². The van der Waals surface area contributed by atoms with E-state index in [0.717, 1.165) is 53.4 Å². The van der Waals surface area contributed by atoms with Crippen molar-refractivity contribution < 1.29 is 4.92 Å². The van der Waals surface area contributed by atoms with Gasteiger partial charge in [-0.15, -0.1) is 0 Å². The van der Waals surface area contributed by atoms with Crippen molar-refractivity contribution in [3.63, 3.8) is 0 Å². The lowest BCUT2D eigenvalue weighted by Gasteiger charge is -2.30. The summed E-state index contributed by atoms with van der Waals surface area (Å²) in [7, 11) is 0. The fraction of sp³-hybridized carbons (Fsp3) is 0.391. The first-order valence-corrected chi connectivity index (χ1v) is 9.92. The number of para-hydroxylation sites is 1. The molecule has 27 heavy (non-hydrogen) atoms. The minimum atomic E-state index is -0.592. The molecular formula is C23H26N2O2. The van der Waals surface area contributed by atoms with Crippen molar-refractivity contribution in [1.29, 1.82) is 0 Å². The Hall–Kier alpha value is -2.62. The standard InChI is InChI=1S/C23H26N2O2/c1-16-21(19-14-8-9-15-20(19)24-16)22(17-10-4-2-5-11-17)23(25(26)27)18-12-6-3-7-13-18/h2,4-5,8-11,14-15,18,22-24H,3,6-7,12-13H2,1H3/t22-,23+/m0/s1. The van der Waals surface area contributed by atoms with Crippen molar-refractivity contribution in [3.05, 3.63) is 81.5 Å². The Labute approximate surface area is 159 Å². The zero-order valence-electron chi connectivity index (χ0n) is 15.7. The van der Waals surface area contributed by atoms with Gasteiger partial charge < -0.3 is 4.98 Å². The van der Waals surface area contributed by atoms with E-state index in [4.69, 9.17) is 0 Å². The highest BCUT2D eigenvalue weighted by molar-refractivity contribution is 5.85. The molecule has 0 unspecified atom stereocenters. The second kappa shape index (κ2) is 7.55. The monoisotopic (exact) mass is 362 g/mol. The number of aryl methyl sites for hydroxylation is 1. The molecule has 0 aliphatic heterocycles. The Kier molecular flexibility index (Phi) is 4.97. The third kappa shape index (κ3) is 3.36. The van der Waals surface area contributed by atoms with Crippen LogP contribution in [-0.2, 0) is 0 Å². The van der Waals surface area contributed by atoms with Crippen LogP contribution in [0.3, 0.4) is 0 Å². The second-order valence-electron chi connectivity index (χ2n) is 7.77. The van der Waals surface area contributed by atoms with Gasteiger partial charge in [-0.1, -0.05) is 67.8 Å². The maximum atomic E-state index is 12.4. The van der Waals surface area contributed by atoms with E-state index in [1.165, 1.54) is 6.42 Å². The van der Waals surface area contributed by atoms with E-state index in [0.29, 0.717) is 0 Å². The number of nitrogens with one attached hydrogen (secondary N) is 1. The van der Waals surface area contributed by atoms with Gasteiger partial charge in [0.2, 0.25) is 6.04 Å². The molecule has 1 saturated carbocycles. The molecule has 4 nitrogen and oxygen atoms in total. The van der Waals surface area contributed by atoms with Gasteiger partial charge in [0.15, 0.2) is 0 Å². The average Bonchev–Trinajstić information content (AvgIpc) is 3.02. The Morgan fingerprint density at radius 2 is 1.67 bits per heavy atom. The van der Waals surface area contributed by atoms with Crippen LogP contribution in [0.4, 0.5) is 0 Å². The molecule has 1 heterocycles. The Bertz CT molecular complexity index is 926. The molecule has 0 bridgehead atoms. The van der Waals surface area contributed by atoms with Crippen molar-refractivity contribution in [1.82, 2.24) is 4.98 Å². The maximum Gasteiger partial charge on any atom is 0.226 e. The lowest BCUT2D eigenvalue weighted by molar-refractivity contribution is -0.536. The summed E-state index contributed by atoms with van der Waals surface area (Å²) in [5.74, 6) is -0.104. The van der Waals surface area contributed by atoms with Crippen molar-refractivity contribution in [2.24, 2.45) is 5.92 Å². The van der Waals surface area contributed by atoms with Gasteiger partial charge in [0.25, 0.3) is 0 Å². The number of hydrogen-bond donors (Lipinski definition) is 1. The summed E-state index contributed by atoms with van der Waals surface area (Å²) in [6, 6.07) is 17.6. The summed E-state index contributed by atoms with van der Waals surface area (Å²) in [5, 5.41) is 13.5. The number of nitro groups is 1. The number of nitrogens with zero attached hydrogens (tertiary/aromatic N) is 1. The first-order chi connectivity index (χ1) is 13.2. The van der Waals surface area contributed by atoms with Gasteiger partial charge in [0, 0.05) is 27.4 Å². The Morgan fingerprint density at radius 3 is 2.37 bits per heavy atom. The fourth-order valence-corrected chi connectivity index (χ4v) is 4.94. The molecule has 1 N–H and O–H groups in total. The van der Waals surface area contributed by atoms with E-state index in [9.17, 15) is 10.1 Å². The molecule has 1 aliphatic rings. The Balaban J connectivity index is 1.91. The molecule has 1 aliphatic carbocycles. The number of rotatable bonds is 5. The molecule has 0 saturated heterocycles. The molecule has 2 aromatic carbocycles. The molecule has 1 aromatic heterocycles. The Morgan fingerprint density at radius 1 is 1.00 bits per heavy atom. The number of aromatic nitrogens is 1. The number of hydrogen-bond acceptors (Lipinski definition) is 2. The first-order valence-electron chi connectivity index (χ1n) is 9.92. The molecule has 0 radical (unpaired) electrons. The number of H-pyrrole nitrogens is 1. The smallest absolute Gasteiger partial charge is 0.226 e. The summed E-state index contributed by atoms with van der Waals surface area (Å²) in [6.45, 7) is 2.04. The molecule has 1 fully saturated rings. The zero-order valence-corrected chi connectivity index (χ0v) is 15.7. The van der Waals surface area contributed by atoms with E-state index >= 15 is 0 Å². The van der Waals surface area contributed by atoms with Crippen molar-refractivity contribution in [2.45, 2.75) is 51.0 Å². The van der Waals surface area contributed by atoms with Gasteiger partial charge in [-0.05, 0) is 37.0 Å². The molecule has 0 amide bonds. The van der Waals surface area contributed by atoms with Crippen LogP contribution < -0.4 is 0 Å². The van der Waals surface area contributed by atoms with Gasteiger partial charge in [-0.3, -0.25) is 10.1 Å². The van der Waals surface area contributed by atoms with Gasteiger partial charge in [0.05, 0.1) is 5.92 Å². The second-order valence-corrected chi connectivity index (χ2v) is 7.77. The topological polar surface area (TPSA) is 58.9 Å².